The van der Waals surface area contributed by atoms with Crippen molar-refractivity contribution in [2.45, 2.75) is 77.2 Å². The largest absolute Gasteiger partial charge is 0.509 e. The van der Waals surface area contributed by atoms with Crippen molar-refractivity contribution < 1.29 is 14.3 Å². The predicted octanol–water partition coefficient (Wildman–Crippen LogP) is 4.44. The zero-order valence-electron chi connectivity index (χ0n) is 11.3. The van der Waals surface area contributed by atoms with Crippen molar-refractivity contribution in [2.24, 2.45) is 0 Å². The highest BCUT2D eigenvalue weighted by Gasteiger charge is 2.41. The highest BCUT2D eigenvalue weighted by atomic mass is 16.8. The van der Waals surface area contributed by atoms with Crippen molar-refractivity contribution in [1.82, 2.24) is 0 Å². The first-order chi connectivity index (χ1) is 8.22. The quantitative estimate of drug-likeness (QED) is 0.443. The van der Waals surface area contributed by atoms with Crippen molar-refractivity contribution in [3.8, 4) is 0 Å². The van der Waals surface area contributed by atoms with E-state index in [-0.39, 0.29) is 5.60 Å². The SMILES string of the molecule is CCCCCCC1(CCCCC)COC(=O)O1. The monoisotopic (exact) mass is 242 g/mol. The lowest BCUT2D eigenvalue weighted by molar-refractivity contribution is 0.0380. The topological polar surface area (TPSA) is 35.5 Å². The number of rotatable bonds is 9. The highest BCUT2D eigenvalue weighted by molar-refractivity contribution is 5.62. The molecule has 17 heavy (non-hydrogen) atoms. The smallest absolute Gasteiger partial charge is 0.430 e. The first-order valence-electron chi connectivity index (χ1n) is 7.08. The van der Waals surface area contributed by atoms with Crippen LogP contribution in [-0.2, 0) is 9.47 Å². The van der Waals surface area contributed by atoms with Crippen LogP contribution in [0.25, 0.3) is 0 Å². The van der Waals surface area contributed by atoms with E-state index in [0.29, 0.717) is 6.61 Å². The third kappa shape index (κ3) is 4.97. The second-order valence-electron chi connectivity index (χ2n) is 5.09. The summed E-state index contributed by atoms with van der Waals surface area (Å²) >= 11 is 0. The van der Waals surface area contributed by atoms with Crippen molar-refractivity contribution in [1.29, 1.82) is 0 Å². The van der Waals surface area contributed by atoms with E-state index >= 15 is 0 Å². The van der Waals surface area contributed by atoms with Gasteiger partial charge < -0.3 is 9.47 Å². The molecule has 1 saturated heterocycles. The molecule has 1 rings (SSSR count). The minimum absolute atomic E-state index is 0.306. The summed E-state index contributed by atoms with van der Waals surface area (Å²) in [6, 6.07) is 0. The van der Waals surface area contributed by atoms with Crippen LogP contribution >= 0.6 is 0 Å². The molecule has 0 aliphatic carbocycles. The Kier molecular flexibility index (Phi) is 6.38. The van der Waals surface area contributed by atoms with Crippen LogP contribution < -0.4 is 0 Å². The first kappa shape index (κ1) is 14.3. The van der Waals surface area contributed by atoms with Gasteiger partial charge in [-0.25, -0.2) is 4.79 Å². The predicted molar refractivity (Wildman–Crippen MR) is 68.1 cm³/mol. The number of hydrogen-bond donors (Lipinski definition) is 0. The third-order valence-electron chi connectivity index (χ3n) is 3.47. The average molecular weight is 242 g/mol. The second kappa shape index (κ2) is 7.57. The van der Waals surface area contributed by atoms with E-state index in [1.54, 1.807) is 0 Å². The van der Waals surface area contributed by atoms with Gasteiger partial charge in [0, 0.05) is 0 Å². The standard InChI is InChI=1S/C14H26O3/c1-3-5-7-9-11-14(10-8-6-4-2)12-16-13(15)17-14/h3-12H2,1-2H3. The van der Waals surface area contributed by atoms with E-state index in [4.69, 9.17) is 9.47 Å². The number of carbonyl (C=O) groups excluding carboxylic acids is 1. The number of hydrogen-bond acceptors (Lipinski definition) is 3. The molecule has 1 unspecified atom stereocenters. The van der Waals surface area contributed by atoms with Crippen molar-refractivity contribution in [3.05, 3.63) is 0 Å². The summed E-state index contributed by atoms with van der Waals surface area (Å²) < 4.78 is 10.4. The maximum Gasteiger partial charge on any atom is 0.509 e. The molecular formula is C14H26O3. The lowest BCUT2D eigenvalue weighted by atomic mass is 9.91. The molecule has 0 N–H and O–H groups in total. The average Bonchev–Trinajstić information content (AvgIpc) is 2.68. The maximum absolute atomic E-state index is 11.1. The summed E-state index contributed by atoms with van der Waals surface area (Å²) in [5, 5.41) is 0. The van der Waals surface area contributed by atoms with Crippen molar-refractivity contribution in [2.75, 3.05) is 6.61 Å². The lowest BCUT2D eigenvalue weighted by Crippen LogP contribution is -2.31. The van der Waals surface area contributed by atoms with E-state index in [1.165, 1.54) is 32.1 Å². The van der Waals surface area contributed by atoms with Gasteiger partial charge >= 0.3 is 6.16 Å². The summed E-state index contributed by atoms with van der Waals surface area (Å²) in [4.78, 5) is 11.1. The summed E-state index contributed by atoms with van der Waals surface area (Å²) in [6.07, 6.45) is 9.83. The minimum atomic E-state index is -0.475. The number of carbonyl (C=O) groups is 1. The molecule has 0 bridgehead atoms. The number of unbranched alkanes of at least 4 members (excludes halogenated alkanes) is 5. The first-order valence-corrected chi connectivity index (χ1v) is 7.08. The Bertz CT molecular complexity index is 228. The van der Waals surface area contributed by atoms with Crippen LogP contribution in [0.4, 0.5) is 4.79 Å². The van der Waals surface area contributed by atoms with E-state index in [0.717, 1.165) is 25.7 Å². The van der Waals surface area contributed by atoms with Gasteiger partial charge in [0.25, 0.3) is 0 Å². The molecule has 3 nitrogen and oxygen atoms in total. The summed E-state index contributed by atoms with van der Waals surface area (Å²) in [5.41, 5.74) is -0.306. The van der Waals surface area contributed by atoms with Gasteiger partial charge in [-0.3, -0.25) is 0 Å². The van der Waals surface area contributed by atoms with Gasteiger partial charge in [0.2, 0.25) is 0 Å². The van der Waals surface area contributed by atoms with E-state index in [1.807, 2.05) is 0 Å². The Morgan fingerprint density at radius 2 is 1.59 bits per heavy atom. The molecule has 0 aromatic carbocycles. The van der Waals surface area contributed by atoms with Crippen molar-refractivity contribution >= 4 is 6.16 Å². The van der Waals surface area contributed by atoms with Gasteiger partial charge in [0.15, 0.2) is 0 Å². The van der Waals surface area contributed by atoms with Crippen LogP contribution in [0.2, 0.25) is 0 Å². The zero-order chi connectivity index (χ0) is 12.6. The van der Waals surface area contributed by atoms with Gasteiger partial charge in [-0.1, -0.05) is 46.0 Å². The zero-order valence-corrected chi connectivity index (χ0v) is 11.3. The summed E-state index contributed by atoms with van der Waals surface area (Å²) in [7, 11) is 0. The number of ether oxygens (including phenoxy) is 2. The molecule has 3 heteroatoms. The Balaban J connectivity index is 2.34. The molecular weight excluding hydrogens is 216 g/mol. The van der Waals surface area contributed by atoms with E-state index in [9.17, 15) is 4.79 Å². The normalized spacial score (nSPS) is 23.5. The molecule has 1 aliphatic rings. The lowest BCUT2D eigenvalue weighted by Gasteiger charge is -2.24. The molecule has 0 radical (unpaired) electrons. The van der Waals surface area contributed by atoms with E-state index in [2.05, 4.69) is 13.8 Å². The van der Waals surface area contributed by atoms with Crippen LogP contribution in [0.3, 0.4) is 0 Å². The van der Waals surface area contributed by atoms with Gasteiger partial charge in [0.05, 0.1) is 0 Å². The molecule has 0 amide bonds. The minimum Gasteiger partial charge on any atom is -0.430 e. The second-order valence-corrected chi connectivity index (χ2v) is 5.09. The fourth-order valence-corrected chi connectivity index (χ4v) is 2.37. The van der Waals surface area contributed by atoms with Crippen LogP contribution in [0.1, 0.15) is 71.6 Å². The van der Waals surface area contributed by atoms with Gasteiger partial charge in [0.1, 0.15) is 12.2 Å². The van der Waals surface area contributed by atoms with Crippen LogP contribution in [0.5, 0.6) is 0 Å². The molecule has 1 fully saturated rings. The summed E-state index contributed by atoms with van der Waals surface area (Å²) in [5.74, 6) is 0. The fraction of sp³-hybridized carbons (Fsp3) is 0.929. The molecule has 1 atom stereocenters. The Morgan fingerprint density at radius 3 is 2.12 bits per heavy atom. The molecule has 100 valence electrons. The Morgan fingerprint density at radius 1 is 1.00 bits per heavy atom. The third-order valence-corrected chi connectivity index (χ3v) is 3.47. The van der Waals surface area contributed by atoms with Gasteiger partial charge in [-0.15, -0.1) is 0 Å². The van der Waals surface area contributed by atoms with Crippen LogP contribution in [-0.4, -0.2) is 18.4 Å². The van der Waals surface area contributed by atoms with Crippen LogP contribution in [0, 0.1) is 0 Å². The molecule has 0 aromatic heterocycles. The molecule has 0 saturated carbocycles. The molecule has 1 aliphatic heterocycles. The molecule has 0 spiro atoms. The molecule has 1 heterocycles. The highest BCUT2D eigenvalue weighted by Crippen LogP contribution is 2.31. The van der Waals surface area contributed by atoms with Gasteiger partial charge in [-0.2, -0.15) is 0 Å². The van der Waals surface area contributed by atoms with Crippen LogP contribution in [0.15, 0.2) is 0 Å². The van der Waals surface area contributed by atoms with Gasteiger partial charge in [-0.05, 0) is 25.7 Å². The van der Waals surface area contributed by atoms with Crippen molar-refractivity contribution in [3.63, 3.8) is 0 Å². The number of cyclic esters (lactones) is 2. The Labute approximate surface area is 105 Å². The van der Waals surface area contributed by atoms with E-state index < -0.39 is 6.16 Å². The Hall–Kier alpha value is -0.730. The fourth-order valence-electron chi connectivity index (χ4n) is 2.37. The molecule has 0 aromatic rings. The maximum atomic E-state index is 11.1. The summed E-state index contributed by atoms with van der Waals surface area (Å²) in [6.45, 7) is 4.85.